The van der Waals surface area contributed by atoms with Crippen LogP contribution in [0, 0.1) is 0 Å². The maximum atomic E-state index is 11.9. The van der Waals surface area contributed by atoms with Crippen LogP contribution >= 0.6 is 7.82 Å². The third kappa shape index (κ3) is 4.18. The van der Waals surface area contributed by atoms with Crippen molar-refractivity contribution in [1.82, 2.24) is 9.97 Å². The molecule has 1 heterocycles. The van der Waals surface area contributed by atoms with Crippen molar-refractivity contribution in [3.8, 4) is 5.75 Å². The van der Waals surface area contributed by atoms with Crippen LogP contribution in [-0.2, 0) is 9.09 Å². The predicted molar refractivity (Wildman–Crippen MR) is 95.5 cm³/mol. The van der Waals surface area contributed by atoms with Gasteiger partial charge in [0.05, 0.1) is 18.2 Å². The van der Waals surface area contributed by atoms with Crippen molar-refractivity contribution in [3.05, 3.63) is 59.4 Å². The molecule has 0 spiro atoms. The maximum Gasteiger partial charge on any atom is 0.527 e. The Balaban J connectivity index is 1.89. The molecule has 26 heavy (non-hydrogen) atoms. The summed E-state index contributed by atoms with van der Waals surface area (Å²) < 4.78 is 20.1. The molecule has 0 amide bonds. The summed E-state index contributed by atoms with van der Waals surface area (Å²) in [7, 11) is -3.34. The number of nitrogens with zero attached hydrogens (tertiary/aromatic N) is 1. The average Bonchev–Trinajstić information content (AvgIpc) is 3.01. The van der Waals surface area contributed by atoms with Crippen molar-refractivity contribution in [2.75, 3.05) is 7.11 Å². The largest absolute Gasteiger partial charge is 0.527 e. The zero-order chi connectivity index (χ0) is 18.7. The van der Waals surface area contributed by atoms with E-state index in [0.717, 1.165) is 11.3 Å². The lowest BCUT2D eigenvalue weighted by atomic mass is 10.2. The highest BCUT2D eigenvalue weighted by atomic mass is 31.2. The Labute approximate surface area is 148 Å². The summed E-state index contributed by atoms with van der Waals surface area (Å²) in [4.78, 5) is 36.8. The van der Waals surface area contributed by atoms with E-state index in [0.29, 0.717) is 11.3 Å². The lowest BCUT2D eigenvalue weighted by molar-refractivity contribution is 0.0680. The number of aromatic amines is 1. The Bertz CT molecular complexity index is 1020. The van der Waals surface area contributed by atoms with Crippen LogP contribution in [0.25, 0.3) is 23.2 Å². The quantitative estimate of drug-likeness (QED) is 0.587. The minimum atomic E-state index is -4.93. The minimum absolute atomic E-state index is 0.0360. The first-order valence-electron chi connectivity index (χ1n) is 7.46. The number of para-hydroxylation sites is 1. The lowest BCUT2D eigenvalue weighted by Crippen LogP contribution is -2.03. The second kappa shape index (κ2) is 7.13. The monoisotopic (exact) mass is 374 g/mol. The SMILES string of the molecule is COc1ccc(/C=C/c2nc3c(C(=O)OP(=O)(O)O)cccc3[nH]2)cc1. The van der Waals surface area contributed by atoms with Crippen LogP contribution in [-0.4, -0.2) is 32.8 Å². The van der Waals surface area contributed by atoms with Crippen molar-refractivity contribution >= 4 is 37.0 Å². The summed E-state index contributed by atoms with van der Waals surface area (Å²) in [5.74, 6) is 0.0902. The van der Waals surface area contributed by atoms with E-state index in [1.807, 2.05) is 30.3 Å². The van der Waals surface area contributed by atoms with Crippen LogP contribution in [0.15, 0.2) is 42.5 Å². The zero-order valence-electron chi connectivity index (χ0n) is 13.6. The number of fused-ring (bicyclic) bond motifs is 1. The van der Waals surface area contributed by atoms with Crippen LogP contribution in [0.3, 0.4) is 0 Å². The van der Waals surface area contributed by atoms with E-state index in [1.54, 1.807) is 25.3 Å². The van der Waals surface area contributed by atoms with Gasteiger partial charge in [-0.2, -0.15) is 0 Å². The van der Waals surface area contributed by atoms with E-state index in [2.05, 4.69) is 14.5 Å². The number of phosphoric acid groups is 1. The molecular formula is C17H15N2O6P. The molecule has 9 heteroatoms. The predicted octanol–water partition coefficient (Wildman–Crippen LogP) is 2.99. The molecule has 8 nitrogen and oxygen atoms in total. The number of phosphoric ester groups is 1. The molecule has 1 aromatic heterocycles. The minimum Gasteiger partial charge on any atom is -0.497 e. The molecule has 0 saturated heterocycles. The fraction of sp³-hybridized carbons (Fsp3) is 0.0588. The van der Waals surface area contributed by atoms with Gasteiger partial charge in [-0.15, -0.1) is 0 Å². The van der Waals surface area contributed by atoms with E-state index < -0.39 is 13.8 Å². The first kappa shape index (κ1) is 17.9. The van der Waals surface area contributed by atoms with E-state index in [4.69, 9.17) is 14.5 Å². The molecule has 0 aliphatic heterocycles. The second-order valence-electron chi connectivity index (χ2n) is 5.30. The number of rotatable bonds is 5. The molecule has 134 valence electrons. The Hall–Kier alpha value is -2.93. The van der Waals surface area contributed by atoms with Gasteiger partial charge in [0.15, 0.2) is 0 Å². The number of carbonyl (C=O) groups excluding carboxylic acids is 1. The standard InChI is InChI=1S/C17H15N2O6P/c1-24-12-8-5-11(6-9-12)7-10-15-18-14-4-2-3-13(16(14)19-15)17(20)25-26(21,22)23/h2-10H,1H3,(H,18,19)(H2,21,22,23)/b10-7+. The molecule has 0 aliphatic rings. The molecule has 3 aromatic rings. The van der Waals surface area contributed by atoms with Gasteiger partial charge in [0.2, 0.25) is 0 Å². The summed E-state index contributed by atoms with van der Waals surface area (Å²) in [6.07, 6.45) is 3.55. The van der Waals surface area contributed by atoms with Crippen molar-refractivity contribution in [2.24, 2.45) is 0 Å². The van der Waals surface area contributed by atoms with Crippen molar-refractivity contribution in [1.29, 1.82) is 0 Å². The van der Waals surface area contributed by atoms with E-state index >= 15 is 0 Å². The van der Waals surface area contributed by atoms with Crippen LogP contribution in [0.5, 0.6) is 5.75 Å². The fourth-order valence-corrected chi connectivity index (χ4v) is 2.66. The number of imidazole rings is 1. The molecule has 0 radical (unpaired) electrons. The van der Waals surface area contributed by atoms with Crippen LogP contribution in [0.4, 0.5) is 0 Å². The van der Waals surface area contributed by atoms with Crippen molar-refractivity contribution in [3.63, 3.8) is 0 Å². The number of hydrogen-bond donors (Lipinski definition) is 3. The summed E-state index contributed by atoms with van der Waals surface area (Å²) >= 11 is 0. The van der Waals surface area contributed by atoms with Gasteiger partial charge in [0.1, 0.15) is 17.1 Å². The van der Waals surface area contributed by atoms with Gasteiger partial charge in [-0.1, -0.05) is 24.3 Å². The molecule has 0 atom stereocenters. The molecule has 0 fully saturated rings. The Morgan fingerprint density at radius 1 is 1.15 bits per heavy atom. The summed E-state index contributed by atoms with van der Waals surface area (Å²) in [6, 6.07) is 12.1. The van der Waals surface area contributed by atoms with Gasteiger partial charge >= 0.3 is 13.8 Å². The van der Waals surface area contributed by atoms with E-state index in [-0.39, 0.29) is 11.1 Å². The number of H-pyrrole nitrogens is 1. The van der Waals surface area contributed by atoms with Gasteiger partial charge in [-0.05, 0) is 35.9 Å². The second-order valence-corrected chi connectivity index (χ2v) is 6.46. The normalized spacial score (nSPS) is 11.8. The van der Waals surface area contributed by atoms with Gasteiger partial charge in [0.25, 0.3) is 0 Å². The summed E-state index contributed by atoms with van der Waals surface area (Å²) in [5, 5.41) is 0. The highest BCUT2D eigenvalue weighted by Crippen LogP contribution is 2.37. The van der Waals surface area contributed by atoms with Gasteiger partial charge < -0.3 is 14.2 Å². The maximum absolute atomic E-state index is 11.9. The van der Waals surface area contributed by atoms with Gasteiger partial charge in [0, 0.05) is 0 Å². The third-order valence-corrected chi connectivity index (χ3v) is 3.91. The highest BCUT2D eigenvalue weighted by molar-refractivity contribution is 7.46. The summed E-state index contributed by atoms with van der Waals surface area (Å²) in [6.45, 7) is 0. The number of aromatic nitrogens is 2. The molecule has 2 aromatic carbocycles. The average molecular weight is 374 g/mol. The zero-order valence-corrected chi connectivity index (χ0v) is 14.5. The van der Waals surface area contributed by atoms with Crippen molar-refractivity contribution in [2.45, 2.75) is 0 Å². The summed E-state index contributed by atoms with van der Waals surface area (Å²) in [5.41, 5.74) is 1.69. The number of nitrogens with one attached hydrogen (secondary N) is 1. The fourth-order valence-electron chi connectivity index (χ4n) is 2.34. The topological polar surface area (TPSA) is 122 Å². The molecule has 0 saturated carbocycles. The van der Waals surface area contributed by atoms with Crippen LogP contribution < -0.4 is 4.74 Å². The molecular weight excluding hydrogens is 359 g/mol. The first-order valence-corrected chi connectivity index (χ1v) is 8.99. The number of carbonyl (C=O) groups is 1. The number of hydrogen-bond acceptors (Lipinski definition) is 5. The molecule has 0 bridgehead atoms. The number of methoxy groups -OCH3 is 1. The molecule has 3 rings (SSSR count). The van der Waals surface area contributed by atoms with E-state index in [9.17, 15) is 9.36 Å². The Morgan fingerprint density at radius 3 is 2.54 bits per heavy atom. The van der Waals surface area contributed by atoms with Crippen LogP contribution in [0.2, 0.25) is 0 Å². The van der Waals surface area contributed by atoms with Crippen LogP contribution in [0.1, 0.15) is 21.7 Å². The Morgan fingerprint density at radius 2 is 1.88 bits per heavy atom. The third-order valence-electron chi connectivity index (χ3n) is 3.50. The first-order chi connectivity index (χ1) is 12.4. The van der Waals surface area contributed by atoms with Crippen molar-refractivity contribution < 1.29 is 28.4 Å². The number of ether oxygens (including phenoxy) is 1. The van der Waals surface area contributed by atoms with E-state index in [1.165, 1.54) is 6.07 Å². The molecule has 0 unspecified atom stereocenters. The van der Waals surface area contributed by atoms with Gasteiger partial charge in [-0.3, -0.25) is 9.79 Å². The smallest absolute Gasteiger partial charge is 0.497 e. The lowest BCUT2D eigenvalue weighted by Gasteiger charge is -2.05. The molecule has 0 aliphatic carbocycles. The highest BCUT2D eigenvalue weighted by Gasteiger charge is 2.24. The molecule has 3 N–H and O–H groups in total. The Kier molecular flexibility index (Phi) is 4.90. The number of benzene rings is 2. The van der Waals surface area contributed by atoms with Gasteiger partial charge in [-0.25, -0.2) is 14.3 Å².